The molecule has 0 heterocycles. The highest BCUT2D eigenvalue weighted by Gasteiger charge is 2.06. The maximum absolute atomic E-state index is 13.9. The van der Waals surface area contributed by atoms with E-state index < -0.39 is 10.8 Å². The highest BCUT2D eigenvalue weighted by molar-refractivity contribution is 7.84. The van der Waals surface area contributed by atoms with Crippen LogP contribution in [0.3, 0.4) is 0 Å². The average molecular weight is 335 g/mol. The van der Waals surface area contributed by atoms with Crippen molar-refractivity contribution in [3.8, 4) is 5.75 Å². The van der Waals surface area contributed by atoms with Gasteiger partial charge in [0.05, 0.1) is 6.10 Å². The summed E-state index contributed by atoms with van der Waals surface area (Å²) < 4.78 is 30.6. The first kappa shape index (κ1) is 17.6. The number of ether oxygens (including phenoxy) is 1. The molecule has 0 amide bonds. The van der Waals surface area contributed by atoms with E-state index in [1.165, 1.54) is 6.07 Å². The van der Waals surface area contributed by atoms with Crippen molar-refractivity contribution >= 4 is 10.8 Å². The zero-order valence-corrected chi connectivity index (χ0v) is 14.5. The van der Waals surface area contributed by atoms with Crippen LogP contribution in [-0.4, -0.2) is 16.6 Å². The smallest absolute Gasteiger partial charge is 0.165 e. The number of nitrogens with one attached hydrogen (secondary N) is 1. The molecule has 2 aromatic carbocycles. The molecule has 0 aliphatic rings. The van der Waals surface area contributed by atoms with Gasteiger partial charge in [-0.05, 0) is 49.2 Å². The minimum absolute atomic E-state index is 0.0473. The largest absolute Gasteiger partial charge is 0.488 e. The summed E-state index contributed by atoms with van der Waals surface area (Å²) in [5.74, 6) is -0.0558. The monoisotopic (exact) mass is 335 g/mol. The molecule has 0 bridgehead atoms. The van der Waals surface area contributed by atoms with Crippen LogP contribution in [0.15, 0.2) is 47.4 Å². The molecule has 0 unspecified atom stereocenters. The third-order valence-corrected chi connectivity index (χ3v) is 4.21. The van der Waals surface area contributed by atoms with Crippen molar-refractivity contribution in [2.75, 3.05) is 6.26 Å². The molecule has 0 saturated heterocycles. The Labute approximate surface area is 139 Å². The molecule has 1 N–H and O–H groups in total. The van der Waals surface area contributed by atoms with E-state index >= 15 is 0 Å². The Hall–Kier alpha value is -1.72. The molecule has 3 nitrogen and oxygen atoms in total. The van der Waals surface area contributed by atoms with E-state index in [1.807, 2.05) is 44.2 Å². The van der Waals surface area contributed by atoms with E-state index in [0.29, 0.717) is 13.1 Å². The molecule has 124 valence electrons. The molecule has 0 aliphatic heterocycles. The van der Waals surface area contributed by atoms with Crippen molar-refractivity contribution in [3.63, 3.8) is 0 Å². The van der Waals surface area contributed by atoms with Crippen molar-refractivity contribution in [1.29, 1.82) is 0 Å². The van der Waals surface area contributed by atoms with Gasteiger partial charge in [0.2, 0.25) is 0 Å². The van der Waals surface area contributed by atoms with Gasteiger partial charge in [-0.25, -0.2) is 4.39 Å². The standard InChI is InChI=1S/C18H22FNO2S/c1-13(2)22-18-9-6-15(10-17(18)19)12-20-11-14-4-7-16(8-5-14)23(3)21/h4-10,13,20H,11-12H2,1-3H3/t23-/m0/s1. The molecular formula is C18H22FNO2S. The van der Waals surface area contributed by atoms with Crippen LogP contribution >= 0.6 is 0 Å². The predicted molar refractivity (Wildman–Crippen MR) is 91.5 cm³/mol. The summed E-state index contributed by atoms with van der Waals surface area (Å²) in [6, 6.07) is 12.6. The van der Waals surface area contributed by atoms with Gasteiger partial charge < -0.3 is 10.1 Å². The Kier molecular flexibility index (Phi) is 6.30. The van der Waals surface area contributed by atoms with E-state index in [1.54, 1.807) is 12.3 Å². The van der Waals surface area contributed by atoms with Gasteiger partial charge in [0.25, 0.3) is 0 Å². The number of rotatable bonds is 7. The maximum Gasteiger partial charge on any atom is 0.165 e. The maximum atomic E-state index is 13.9. The molecule has 0 fully saturated rings. The highest BCUT2D eigenvalue weighted by atomic mass is 32.2. The number of hydrogen-bond acceptors (Lipinski definition) is 3. The number of benzene rings is 2. The second-order valence-electron chi connectivity index (χ2n) is 5.63. The van der Waals surface area contributed by atoms with E-state index in [9.17, 15) is 8.60 Å². The fourth-order valence-electron chi connectivity index (χ4n) is 2.15. The molecule has 23 heavy (non-hydrogen) atoms. The van der Waals surface area contributed by atoms with Crippen LogP contribution < -0.4 is 10.1 Å². The third-order valence-electron chi connectivity index (χ3n) is 3.27. The Morgan fingerprint density at radius 3 is 2.26 bits per heavy atom. The molecule has 0 aromatic heterocycles. The Balaban J connectivity index is 1.88. The van der Waals surface area contributed by atoms with Gasteiger partial charge in [-0.15, -0.1) is 0 Å². The van der Waals surface area contributed by atoms with Gasteiger partial charge in [-0.1, -0.05) is 18.2 Å². The molecular weight excluding hydrogens is 313 g/mol. The summed E-state index contributed by atoms with van der Waals surface area (Å²) in [5.41, 5.74) is 1.96. The first-order valence-electron chi connectivity index (χ1n) is 7.54. The SMILES string of the molecule is CC(C)Oc1ccc(CNCc2ccc([S@](C)=O)cc2)cc1F. The number of halogens is 1. The van der Waals surface area contributed by atoms with Gasteiger partial charge in [-0.3, -0.25) is 4.21 Å². The summed E-state index contributed by atoms with van der Waals surface area (Å²) >= 11 is 0. The lowest BCUT2D eigenvalue weighted by atomic mass is 10.2. The molecule has 2 aromatic rings. The highest BCUT2D eigenvalue weighted by Crippen LogP contribution is 2.19. The van der Waals surface area contributed by atoms with Gasteiger partial charge in [-0.2, -0.15) is 0 Å². The Bertz CT molecular complexity index is 671. The topological polar surface area (TPSA) is 38.3 Å². The minimum Gasteiger partial charge on any atom is -0.488 e. The second-order valence-corrected chi connectivity index (χ2v) is 7.01. The first-order chi connectivity index (χ1) is 11.0. The zero-order chi connectivity index (χ0) is 16.8. The average Bonchev–Trinajstić information content (AvgIpc) is 2.50. The van der Waals surface area contributed by atoms with Crippen LogP contribution in [0.2, 0.25) is 0 Å². The van der Waals surface area contributed by atoms with Crippen LogP contribution in [0.4, 0.5) is 4.39 Å². The van der Waals surface area contributed by atoms with Crippen molar-refractivity contribution in [3.05, 3.63) is 59.4 Å². The molecule has 1 atom stereocenters. The molecule has 0 spiro atoms. The lowest BCUT2D eigenvalue weighted by Crippen LogP contribution is -2.13. The van der Waals surface area contributed by atoms with Crippen LogP contribution in [0.1, 0.15) is 25.0 Å². The van der Waals surface area contributed by atoms with E-state index in [2.05, 4.69) is 5.32 Å². The third kappa shape index (κ3) is 5.44. The van der Waals surface area contributed by atoms with Gasteiger partial charge in [0.15, 0.2) is 11.6 Å². The van der Waals surface area contributed by atoms with Crippen LogP contribution in [0, 0.1) is 5.82 Å². The molecule has 0 aliphatic carbocycles. The number of hydrogen-bond donors (Lipinski definition) is 1. The second kappa shape index (κ2) is 8.22. The predicted octanol–water partition coefficient (Wildman–Crippen LogP) is 3.64. The zero-order valence-electron chi connectivity index (χ0n) is 13.6. The minimum atomic E-state index is -0.956. The molecule has 2 rings (SSSR count). The van der Waals surface area contributed by atoms with E-state index in [-0.39, 0.29) is 17.7 Å². The van der Waals surface area contributed by atoms with Gasteiger partial charge in [0, 0.05) is 35.0 Å². The van der Waals surface area contributed by atoms with Gasteiger partial charge >= 0.3 is 0 Å². The first-order valence-corrected chi connectivity index (χ1v) is 9.09. The fraction of sp³-hybridized carbons (Fsp3) is 0.333. The molecule has 0 saturated carbocycles. The van der Waals surface area contributed by atoms with E-state index in [4.69, 9.17) is 4.74 Å². The van der Waals surface area contributed by atoms with Crippen molar-refractivity contribution in [2.24, 2.45) is 0 Å². The lowest BCUT2D eigenvalue weighted by Gasteiger charge is -2.12. The normalized spacial score (nSPS) is 12.4. The molecule has 0 radical (unpaired) electrons. The Morgan fingerprint density at radius 2 is 1.70 bits per heavy atom. The van der Waals surface area contributed by atoms with Gasteiger partial charge in [0.1, 0.15) is 0 Å². The molecule has 5 heteroatoms. The summed E-state index contributed by atoms with van der Waals surface area (Å²) in [6.07, 6.45) is 1.61. The lowest BCUT2D eigenvalue weighted by molar-refractivity contribution is 0.231. The van der Waals surface area contributed by atoms with Crippen LogP contribution in [0.25, 0.3) is 0 Å². The summed E-state index contributed by atoms with van der Waals surface area (Å²) in [5, 5.41) is 3.27. The summed E-state index contributed by atoms with van der Waals surface area (Å²) in [4.78, 5) is 0.816. The van der Waals surface area contributed by atoms with Crippen LogP contribution in [0.5, 0.6) is 5.75 Å². The Morgan fingerprint density at radius 1 is 1.09 bits per heavy atom. The quantitative estimate of drug-likeness (QED) is 0.839. The summed E-state index contributed by atoms with van der Waals surface area (Å²) in [6.45, 7) is 4.98. The fourth-order valence-corrected chi connectivity index (χ4v) is 2.67. The van der Waals surface area contributed by atoms with E-state index in [0.717, 1.165) is 16.0 Å². The van der Waals surface area contributed by atoms with Crippen molar-refractivity contribution in [1.82, 2.24) is 5.32 Å². The van der Waals surface area contributed by atoms with Crippen LogP contribution in [-0.2, 0) is 23.9 Å². The van der Waals surface area contributed by atoms with Crippen molar-refractivity contribution < 1.29 is 13.3 Å². The van der Waals surface area contributed by atoms with Crippen molar-refractivity contribution in [2.45, 2.75) is 37.9 Å². The summed E-state index contributed by atoms with van der Waals surface area (Å²) in [7, 11) is -0.956.